The van der Waals surface area contributed by atoms with Crippen molar-refractivity contribution >= 4 is 23.1 Å². The van der Waals surface area contributed by atoms with Crippen LogP contribution < -0.4 is 5.32 Å². The first kappa shape index (κ1) is 39.1. The van der Waals surface area contributed by atoms with Gasteiger partial charge < -0.3 is 20.3 Å². The molecule has 1 aliphatic carbocycles. The fourth-order valence-electron chi connectivity index (χ4n) is 7.64. The molecule has 5 aliphatic heterocycles. The molecule has 3 N–H and O–H groups in total. The molecule has 0 unspecified atom stereocenters. The van der Waals surface area contributed by atoms with Crippen molar-refractivity contribution in [3.05, 3.63) is 91.5 Å². The zero-order chi connectivity index (χ0) is 39.8. The Kier molecular flexibility index (Phi) is 9.85. The predicted molar refractivity (Wildman–Crippen MR) is 185 cm³/mol. The molecule has 290 valence electrons. The molecule has 6 aliphatic rings. The first-order valence-electron chi connectivity index (χ1n) is 17.3. The number of esters is 1. The van der Waals surface area contributed by atoms with E-state index in [4.69, 9.17) is 15.0 Å². The number of hydrogen-bond acceptors (Lipinski definition) is 8. The molecule has 54 heavy (non-hydrogen) atoms. The Morgan fingerprint density at radius 3 is 2.26 bits per heavy atom. The van der Waals surface area contributed by atoms with Gasteiger partial charge in [-0.25, -0.2) is 23.8 Å². The van der Waals surface area contributed by atoms with Gasteiger partial charge in [-0.1, -0.05) is 13.8 Å². The van der Waals surface area contributed by atoms with Crippen molar-refractivity contribution in [3.8, 4) is 0 Å². The van der Waals surface area contributed by atoms with Crippen LogP contribution in [0, 0.1) is 11.8 Å². The van der Waals surface area contributed by atoms with Crippen LogP contribution in [0.25, 0.3) is 0 Å². The minimum Gasteiger partial charge on any atom is -0.511 e. The first-order chi connectivity index (χ1) is 25.1. The number of carbonyl (C=O) groups excluding carboxylic acids is 1. The summed E-state index contributed by atoms with van der Waals surface area (Å²) in [6.45, 7) is 8.48. The molecule has 6 rings (SSSR count). The maximum Gasteiger partial charge on any atom is 0.381 e. The van der Waals surface area contributed by atoms with Gasteiger partial charge in [0.1, 0.15) is 5.76 Å². The van der Waals surface area contributed by atoms with Crippen molar-refractivity contribution in [2.75, 3.05) is 6.61 Å². The molecular formula is C38H38F8N4O4. The Bertz CT molecular complexity index is 2070. The van der Waals surface area contributed by atoms with Gasteiger partial charge in [0.2, 0.25) is 0 Å². The van der Waals surface area contributed by atoms with Crippen molar-refractivity contribution in [2.45, 2.75) is 97.5 Å². The first-order valence-corrected chi connectivity index (χ1v) is 17.3. The number of alkyl halides is 8. The van der Waals surface area contributed by atoms with Gasteiger partial charge >= 0.3 is 30.2 Å². The van der Waals surface area contributed by atoms with Crippen LogP contribution >= 0.6 is 0 Å². The molecule has 0 spiro atoms. The topological polar surface area (TPSA) is 116 Å². The summed E-state index contributed by atoms with van der Waals surface area (Å²) in [5.41, 5.74) is 9.55. The van der Waals surface area contributed by atoms with E-state index in [0.29, 0.717) is 79.9 Å². The molecule has 1 fully saturated rings. The maximum absolute atomic E-state index is 14.1. The fraction of sp³-hybridized carbons (Fsp3) is 0.474. The molecular weight excluding hydrogens is 728 g/mol. The smallest absolute Gasteiger partial charge is 0.381 e. The summed E-state index contributed by atoms with van der Waals surface area (Å²) in [4.78, 5) is 27.3. The van der Waals surface area contributed by atoms with Crippen LogP contribution in [0.2, 0.25) is 0 Å². The molecule has 0 amide bonds. The SMILES string of the molecule is CCC1=C(C)C2=NC1=CC1=C(C)C3=C(O)CC(=C4NC(=CC5=NC(=C2)C([C@@H](C)O)=C5C)[C@@H](C)[C@@H]4CCC(=O)OCC(F)(F)C(F)(F)C(F)(F)C(F)F)C3=N1. The number of nitrogens with zero attached hydrogens (tertiary/aromatic N) is 3. The molecule has 8 bridgehead atoms. The highest BCUT2D eigenvalue weighted by molar-refractivity contribution is 6.21. The van der Waals surface area contributed by atoms with Gasteiger partial charge in [0.15, 0.2) is 6.61 Å². The van der Waals surface area contributed by atoms with Crippen LogP contribution in [-0.2, 0) is 9.53 Å². The second-order valence-electron chi connectivity index (χ2n) is 14.1. The van der Waals surface area contributed by atoms with Crippen molar-refractivity contribution in [1.29, 1.82) is 0 Å². The number of rotatable bonds is 10. The number of aliphatic hydroxyl groups is 2. The largest absolute Gasteiger partial charge is 0.511 e. The summed E-state index contributed by atoms with van der Waals surface area (Å²) in [7, 11) is 0. The van der Waals surface area contributed by atoms with Crippen LogP contribution in [0.1, 0.15) is 67.2 Å². The molecule has 0 saturated carbocycles. The highest BCUT2D eigenvalue weighted by Gasteiger charge is 2.75. The zero-order valence-corrected chi connectivity index (χ0v) is 30.2. The Morgan fingerprint density at radius 1 is 0.981 bits per heavy atom. The molecule has 1 saturated heterocycles. The Morgan fingerprint density at radius 2 is 1.63 bits per heavy atom. The Balaban J connectivity index is 1.39. The van der Waals surface area contributed by atoms with Gasteiger partial charge in [-0.05, 0) is 81.1 Å². The zero-order valence-electron chi connectivity index (χ0n) is 30.2. The Hall–Kier alpha value is -4.60. The van der Waals surface area contributed by atoms with Gasteiger partial charge in [-0.3, -0.25) is 4.79 Å². The summed E-state index contributed by atoms with van der Waals surface area (Å²) >= 11 is 0. The van der Waals surface area contributed by atoms with Gasteiger partial charge in [0, 0.05) is 52.8 Å². The lowest BCUT2D eigenvalue weighted by atomic mass is 9.86. The maximum atomic E-state index is 14.1. The molecule has 0 radical (unpaired) electrons. The summed E-state index contributed by atoms with van der Waals surface area (Å²) in [5, 5.41) is 25.4. The number of aliphatic imine (C=N–C) groups is 3. The highest BCUT2D eigenvalue weighted by Crippen LogP contribution is 2.49. The third kappa shape index (κ3) is 6.19. The summed E-state index contributed by atoms with van der Waals surface area (Å²) in [5.74, 6) is -21.1. The normalized spacial score (nSPS) is 23.6. The third-order valence-electron chi connectivity index (χ3n) is 10.7. The minimum absolute atomic E-state index is 0.0446. The van der Waals surface area contributed by atoms with Crippen LogP contribution in [0.15, 0.2) is 106 Å². The second kappa shape index (κ2) is 13.6. The molecule has 8 nitrogen and oxygen atoms in total. The molecule has 5 heterocycles. The molecule has 16 heteroatoms. The van der Waals surface area contributed by atoms with E-state index in [1.165, 1.54) is 0 Å². The van der Waals surface area contributed by atoms with Crippen molar-refractivity contribution < 1.29 is 54.9 Å². The van der Waals surface area contributed by atoms with E-state index < -0.39 is 61.1 Å². The number of allylic oxidation sites excluding steroid dienone is 11. The fourth-order valence-corrected chi connectivity index (χ4v) is 7.64. The minimum atomic E-state index is -6.51. The average Bonchev–Trinajstić information content (AvgIpc) is 3.84. The van der Waals surface area contributed by atoms with Crippen LogP contribution in [-0.4, -0.2) is 70.2 Å². The lowest BCUT2D eigenvalue weighted by Gasteiger charge is -2.31. The van der Waals surface area contributed by atoms with Crippen molar-refractivity contribution in [1.82, 2.24) is 5.32 Å². The van der Waals surface area contributed by atoms with E-state index in [1.807, 2.05) is 46.8 Å². The van der Waals surface area contributed by atoms with E-state index in [0.717, 1.165) is 11.1 Å². The van der Waals surface area contributed by atoms with E-state index in [1.54, 1.807) is 13.0 Å². The number of hydrogen-bond donors (Lipinski definition) is 3. The number of ether oxygens (including phenoxy) is 1. The standard InChI is InChI=1S/C38H38F8N4O4/c1-7-20-15(2)23-13-28-31(19(6)51)17(4)25(48-28)11-24-16(3)21(8-9-30(53)54-14-36(41,42)38(45,46)37(43,44)35(39)40)33(49-24)22-10-29(52)32-18(5)26(50-34(22)32)12-27(20)47-23/h11-13,16,19,21,35,49,51-52H,7-10,14H2,1-6H3/t16-,19+,21-/m0/s1. The number of nitrogens with one attached hydrogen (secondary N) is 1. The van der Waals surface area contributed by atoms with Gasteiger partial charge in [0.05, 0.1) is 40.3 Å². The van der Waals surface area contributed by atoms with E-state index in [-0.39, 0.29) is 18.6 Å². The van der Waals surface area contributed by atoms with Gasteiger partial charge in [-0.2, -0.15) is 26.3 Å². The molecule has 0 aromatic heterocycles. The van der Waals surface area contributed by atoms with E-state index in [2.05, 4.69) is 10.1 Å². The lowest BCUT2D eigenvalue weighted by Crippen LogP contribution is -2.59. The van der Waals surface area contributed by atoms with Crippen LogP contribution in [0.3, 0.4) is 0 Å². The van der Waals surface area contributed by atoms with Crippen molar-refractivity contribution in [2.24, 2.45) is 26.8 Å². The van der Waals surface area contributed by atoms with E-state index in [9.17, 15) is 50.1 Å². The monoisotopic (exact) mass is 766 g/mol. The lowest BCUT2D eigenvalue weighted by molar-refractivity contribution is -0.344. The summed E-state index contributed by atoms with van der Waals surface area (Å²) in [6.07, 6.45) is -0.624. The van der Waals surface area contributed by atoms with Gasteiger partial charge in [-0.15, -0.1) is 0 Å². The number of aliphatic hydroxyl groups excluding tert-OH is 2. The summed E-state index contributed by atoms with van der Waals surface area (Å²) < 4.78 is 112. The average molecular weight is 767 g/mol. The quantitative estimate of drug-likeness (QED) is 0.152. The highest BCUT2D eigenvalue weighted by atomic mass is 19.4. The number of carbonyl (C=O) groups is 1. The van der Waals surface area contributed by atoms with Crippen LogP contribution in [0.4, 0.5) is 35.1 Å². The molecule has 0 aromatic carbocycles. The second-order valence-corrected chi connectivity index (χ2v) is 14.1. The number of fused-ring (bicyclic) bond motifs is 5. The number of halogens is 8. The molecule has 0 aromatic rings. The Labute approximate surface area is 305 Å². The summed E-state index contributed by atoms with van der Waals surface area (Å²) in [6, 6.07) is 0. The third-order valence-corrected chi connectivity index (χ3v) is 10.7. The predicted octanol–water partition coefficient (Wildman–Crippen LogP) is 8.53. The van der Waals surface area contributed by atoms with E-state index >= 15 is 0 Å². The molecule has 3 atom stereocenters. The van der Waals surface area contributed by atoms with Gasteiger partial charge in [0.25, 0.3) is 0 Å². The van der Waals surface area contributed by atoms with Crippen molar-refractivity contribution in [3.63, 3.8) is 0 Å². The van der Waals surface area contributed by atoms with Crippen LogP contribution in [0.5, 0.6) is 0 Å².